The molecule has 13 nitrogen and oxygen atoms in total. The van der Waals surface area contributed by atoms with E-state index in [0.717, 1.165) is 15.3 Å². The Morgan fingerprint density at radius 2 is 1.70 bits per heavy atom. The zero-order valence-corrected chi connectivity index (χ0v) is 14.8. The molecule has 3 aromatic heterocycles. The van der Waals surface area contributed by atoms with Crippen molar-refractivity contribution >= 4 is 23.3 Å². The summed E-state index contributed by atoms with van der Waals surface area (Å²) in [7, 11) is 5.67. The zero-order valence-electron chi connectivity index (χ0n) is 14.8. The molecule has 0 aromatic carbocycles. The minimum absolute atomic E-state index is 0.125. The summed E-state index contributed by atoms with van der Waals surface area (Å²) in [6.07, 6.45) is 1.00. The largest absolute Gasteiger partial charge is 0.494 e. The monoisotopic (exact) mass is 376 g/mol. The second-order valence-corrected chi connectivity index (χ2v) is 5.80. The fourth-order valence-electron chi connectivity index (χ4n) is 2.52. The van der Waals surface area contributed by atoms with Gasteiger partial charge in [0.1, 0.15) is 5.56 Å². The van der Waals surface area contributed by atoms with Crippen LogP contribution in [-0.4, -0.2) is 39.6 Å². The number of nitrogens with zero attached hydrogens (tertiary/aromatic N) is 6. The topological polar surface area (TPSA) is 161 Å². The molecule has 0 amide bonds. The highest BCUT2D eigenvalue weighted by Gasteiger charge is 2.16. The highest BCUT2D eigenvalue weighted by atomic mass is 16.3. The third-order valence-corrected chi connectivity index (χ3v) is 4.16. The second kappa shape index (κ2) is 6.12. The number of aryl methyl sites for hydroxylation is 2. The molecular weight excluding hydrogens is 360 g/mol. The molecule has 3 N–H and O–H groups in total. The molecule has 3 aromatic rings. The Bertz CT molecular complexity index is 1330. The molecule has 13 heteroatoms. The zero-order chi connectivity index (χ0) is 20.0. The normalized spacial score (nSPS) is 11.6. The van der Waals surface area contributed by atoms with Crippen molar-refractivity contribution in [2.75, 3.05) is 5.43 Å². The van der Waals surface area contributed by atoms with E-state index in [0.29, 0.717) is 0 Å². The van der Waals surface area contributed by atoms with Crippen LogP contribution >= 0.6 is 0 Å². The summed E-state index contributed by atoms with van der Waals surface area (Å²) < 4.78 is 4.42. The van der Waals surface area contributed by atoms with Crippen molar-refractivity contribution < 1.29 is 5.11 Å². The van der Waals surface area contributed by atoms with Crippen molar-refractivity contribution in [1.82, 2.24) is 28.2 Å². The molecule has 0 aliphatic carbocycles. The smallest absolute Gasteiger partial charge is 0.332 e. The fourth-order valence-corrected chi connectivity index (χ4v) is 2.52. The van der Waals surface area contributed by atoms with Crippen LogP contribution in [0.25, 0.3) is 11.2 Å². The van der Waals surface area contributed by atoms with Gasteiger partial charge in [0.2, 0.25) is 11.8 Å². The van der Waals surface area contributed by atoms with Crippen molar-refractivity contribution in [1.29, 1.82) is 0 Å². The SMILES string of the molecule is Cn1c(O)c(C=NNc2nc3c(c(=O)n(C)c(=O)n3C)n2C)c(=O)[nH]c1=O. The number of rotatable bonds is 3. The van der Waals surface area contributed by atoms with Crippen molar-refractivity contribution in [3.8, 4) is 5.88 Å². The Balaban J connectivity index is 2.06. The number of hydrogen-bond acceptors (Lipinski definition) is 8. The van der Waals surface area contributed by atoms with E-state index in [1.807, 2.05) is 4.98 Å². The molecule has 27 heavy (non-hydrogen) atoms. The van der Waals surface area contributed by atoms with Gasteiger partial charge in [0.25, 0.3) is 11.1 Å². The maximum atomic E-state index is 12.3. The maximum Gasteiger partial charge on any atom is 0.332 e. The summed E-state index contributed by atoms with van der Waals surface area (Å²) in [6, 6.07) is 0. The van der Waals surface area contributed by atoms with Crippen LogP contribution in [0.15, 0.2) is 24.3 Å². The van der Waals surface area contributed by atoms with Crippen molar-refractivity contribution in [3.63, 3.8) is 0 Å². The summed E-state index contributed by atoms with van der Waals surface area (Å²) in [4.78, 5) is 53.6. The number of hydrazone groups is 1. The van der Waals surface area contributed by atoms with Crippen LogP contribution in [0, 0.1) is 0 Å². The number of aromatic hydroxyl groups is 1. The fraction of sp³-hybridized carbons (Fsp3) is 0.286. The Hall–Kier alpha value is -3.90. The van der Waals surface area contributed by atoms with E-state index >= 15 is 0 Å². The van der Waals surface area contributed by atoms with Gasteiger partial charge >= 0.3 is 11.4 Å². The molecule has 3 rings (SSSR count). The first-order valence-corrected chi connectivity index (χ1v) is 7.59. The predicted molar refractivity (Wildman–Crippen MR) is 96.4 cm³/mol. The number of hydrogen-bond donors (Lipinski definition) is 3. The molecule has 0 bridgehead atoms. The third-order valence-electron chi connectivity index (χ3n) is 4.16. The highest BCUT2D eigenvalue weighted by Crippen LogP contribution is 2.13. The number of fused-ring (bicyclic) bond motifs is 1. The van der Waals surface area contributed by atoms with Gasteiger partial charge in [0, 0.05) is 28.2 Å². The number of imidazole rings is 1. The van der Waals surface area contributed by atoms with E-state index in [4.69, 9.17) is 0 Å². The first kappa shape index (κ1) is 17.9. The van der Waals surface area contributed by atoms with Crippen LogP contribution < -0.4 is 27.9 Å². The molecule has 3 heterocycles. The highest BCUT2D eigenvalue weighted by molar-refractivity contribution is 5.82. The standard InChI is InChI=1S/C14H16N8O5/c1-19-7-8(20(2)14(27)22(4)11(7)25)16-12(19)18-15-5-6-9(23)17-13(26)21(3)10(6)24/h5,24H,1-4H3,(H,16,18)(H,17,23,26). The average Bonchev–Trinajstić information content (AvgIpc) is 2.96. The van der Waals surface area contributed by atoms with E-state index in [2.05, 4.69) is 15.5 Å². The summed E-state index contributed by atoms with van der Waals surface area (Å²) in [5, 5.41) is 13.7. The lowest BCUT2D eigenvalue weighted by atomic mass is 10.3. The summed E-state index contributed by atoms with van der Waals surface area (Å²) in [5.41, 5.74) is 0.00185. The van der Waals surface area contributed by atoms with Gasteiger partial charge in [-0.25, -0.2) is 15.0 Å². The van der Waals surface area contributed by atoms with Crippen molar-refractivity contribution in [2.45, 2.75) is 0 Å². The van der Waals surface area contributed by atoms with Crippen LogP contribution in [0.4, 0.5) is 5.95 Å². The van der Waals surface area contributed by atoms with E-state index in [9.17, 15) is 24.3 Å². The molecule has 0 spiro atoms. The average molecular weight is 376 g/mol. The van der Waals surface area contributed by atoms with Gasteiger partial charge in [-0.1, -0.05) is 0 Å². The lowest BCUT2D eigenvalue weighted by molar-refractivity contribution is 0.417. The van der Waals surface area contributed by atoms with Gasteiger partial charge in [-0.05, 0) is 0 Å². The molecular formula is C14H16N8O5. The summed E-state index contributed by atoms with van der Waals surface area (Å²) in [6.45, 7) is 0. The lowest BCUT2D eigenvalue weighted by Crippen LogP contribution is -2.37. The molecule has 0 atom stereocenters. The molecule has 0 saturated heterocycles. The predicted octanol–water partition coefficient (Wildman–Crippen LogP) is -2.49. The van der Waals surface area contributed by atoms with Gasteiger partial charge < -0.3 is 9.67 Å². The summed E-state index contributed by atoms with van der Waals surface area (Å²) in [5.74, 6) is -0.434. The molecule has 142 valence electrons. The molecule has 0 aliphatic rings. The van der Waals surface area contributed by atoms with Crippen LogP contribution in [0.2, 0.25) is 0 Å². The van der Waals surface area contributed by atoms with Gasteiger partial charge in [0.05, 0.1) is 6.21 Å². The molecule has 0 aliphatic heterocycles. The number of nitrogens with one attached hydrogen (secondary N) is 2. The Morgan fingerprint density at radius 1 is 1.04 bits per heavy atom. The van der Waals surface area contributed by atoms with Gasteiger partial charge in [-0.15, -0.1) is 0 Å². The van der Waals surface area contributed by atoms with E-state index in [-0.39, 0.29) is 22.7 Å². The van der Waals surface area contributed by atoms with Gasteiger partial charge in [-0.3, -0.25) is 28.3 Å². The van der Waals surface area contributed by atoms with Crippen LogP contribution in [0.1, 0.15) is 5.56 Å². The third kappa shape index (κ3) is 2.65. The van der Waals surface area contributed by atoms with E-state index < -0.39 is 28.4 Å². The van der Waals surface area contributed by atoms with Crippen molar-refractivity contribution in [2.24, 2.45) is 33.3 Å². The van der Waals surface area contributed by atoms with Crippen LogP contribution in [0.5, 0.6) is 5.88 Å². The minimum atomic E-state index is -0.817. The van der Waals surface area contributed by atoms with Crippen LogP contribution in [0.3, 0.4) is 0 Å². The van der Waals surface area contributed by atoms with E-state index in [1.54, 1.807) is 7.05 Å². The molecule has 0 saturated carbocycles. The van der Waals surface area contributed by atoms with Gasteiger partial charge in [0.15, 0.2) is 11.2 Å². The number of aromatic nitrogens is 6. The van der Waals surface area contributed by atoms with E-state index in [1.165, 1.54) is 30.3 Å². The summed E-state index contributed by atoms with van der Waals surface area (Å²) >= 11 is 0. The minimum Gasteiger partial charge on any atom is -0.494 e. The number of anilines is 1. The quantitative estimate of drug-likeness (QED) is 0.336. The van der Waals surface area contributed by atoms with Crippen LogP contribution in [-0.2, 0) is 28.2 Å². The number of H-pyrrole nitrogens is 1. The molecule has 0 unspecified atom stereocenters. The first-order chi connectivity index (χ1) is 12.6. The van der Waals surface area contributed by atoms with Crippen molar-refractivity contribution in [3.05, 3.63) is 47.2 Å². The first-order valence-electron chi connectivity index (χ1n) is 7.59. The number of aromatic amines is 1. The Kier molecular flexibility index (Phi) is 4.06. The molecule has 0 fully saturated rings. The second-order valence-electron chi connectivity index (χ2n) is 5.80. The Labute approximate surface area is 149 Å². The Morgan fingerprint density at radius 3 is 2.37 bits per heavy atom. The lowest BCUT2D eigenvalue weighted by Gasteiger charge is -2.04. The molecule has 0 radical (unpaired) electrons. The maximum absolute atomic E-state index is 12.3. The van der Waals surface area contributed by atoms with Gasteiger partial charge in [-0.2, -0.15) is 10.1 Å².